The lowest BCUT2D eigenvalue weighted by Gasteiger charge is -2.20. The van der Waals surface area contributed by atoms with Gasteiger partial charge in [0.05, 0.1) is 12.8 Å². The highest BCUT2D eigenvalue weighted by Gasteiger charge is 2.26. The molecule has 0 saturated heterocycles. The van der Waals surface area contributed by atoms with Gasteiger partial charge in [0, 0.05) is 12.6 Å². The fraction of sp³-hybridized carbons (Fsp3) is 0.909. The molecule has 6 heteroatoms. The van der Waals surface area contributed by atoms with Gasteiger partial charge in [-0.05, 0) is 25.2 Å². The van der Waals surface area contributed by atoms with Gasteiger partial charge in [0.15, 0.2) is 0 Å². The quantitative estimate of drug-likeness (QED) is 0.729. The van der Waals surface area contributed by atoms with E-state index in [1.807, 2.05) is 13.8 Å². The first-order valence-electron chi connectivity index (χ1n) is 6.03. The van der Waals surface area contributed by atoms with E-state index in [-0.39, 0.29) is 18.5 Å². The standard InChI is InChI=1S/C11H22N2O3S/c1-9(2)6-7-13(17(3,15)16)8-11(14)12-10-4-5-10/h9-10H,4-8H2,1-3H3,(H,12,14). The third kappa shape index (κ3) is 6.02. The van der Waals surface area contributed by atoms with Gasteiger partial charge in [-0.2, -0.15) is 4.31 Å². The topological polar surface area (TPSA) is 66.5 Å². The summed E-state index contributed by atoms with van der Waals surface area (Å²) in [5.74, 6) is 0.229. The maximum absolute atomic E-state index is 11.6. The predicted molar refractivity (Wildman–Crippen MR) is 67.0 cm³/mol. The highest BCUT2D eigenvalue weighted by molar-refractivity contribution is 7.88. The second kappa shape index (κ2) is 5.82. The minimum Gasteiger partial charge on any atom is -0.352 e. The van der Waals surface area contributed by atoms with Crippen molar-refractivity contribution < 1.29 is 13.2 Å². The average molecular weight is 262 g/mol. The molecule has 0 aliphatic heterocycles. The van der Waals surface area contributed by atoms with Gasteiger partial charge >= 0.3 is 0 Å². The molecular weight excluding hydrogens is 240 g/mol. The summed E-state index contributed by atoms with van der Waals surface area (Å²) in [7, 11) is -3.30. The van der Waals surface area contributed by atoms with Crippen LogP contribution in [0.1, 0.15) is 33.1 Å². The van der Waals surface area contributed by atoms with E-state index in [0.29, 0.717) is 12.5 Å². The molecule has 0 atom stereocenters. The molecule has 5 nitrogen and oxygen atoms in total. The fourth-order valence-corrected chi connectivity index (χ4v) is 2.21. The van der Waals surface area contributed by atoms with Gasteiger partial charge in [0.25, 0.3) is 0 Å². The number of hydrogen-bond acceptors (Lipinski definition) is 3. The van der Waals surface area contributed by atoms with Gasteiger partial charge in [0.2, 0.25) is 15.9 Å². The van der Waals surface area contributed by atoms with E-state index in [1.165, 1.54) is 4.31 Å². The maximum Gasteiger partial charge on any atom is 0.235 e. The smallest absolute Gasteiger partial charge is 0.235 e. The Morgan fingerprint density at radius 1 is 1.41 bits per heavy atom. The van der Waals surface area contributed by atoms with Gasteiger partial charge in [-0.15, -0.1) is 0 Å². The van der Waals surface area contributed by atoms with Crippen molar-refractivity contribution in [3.63, 3.8) is 0 Å². The summed E-state index contributed by atoms with van der Waals surface area (Å²) in [6.45, 7) is 4.42. The lowest BCUT2D eigenvalue weighted by atomic mass is 10.1. The van der Waals surface area contributed by atoms with E-state index in [2.05, 4.69) is 5.32 Å². The largest absolute Gasteiger partial charge is 0.352 e. The molecule has 100 valence electrons. The Kier molecular flexibility index (Phi) is 4.94. The van der Waals surface area contributed by atoms with Crippen LogP contribution in [0.2, 0.25) is 0 Å². The summed E-state index contributed by atoms with van der Waals surface area (Å²) in [4.78, 5) is 11.6. The Labute approximate surface area is 104 Å². The molecule has 0 spiro atoms. The molecule has 0 bridgehead atoms. The van der Waals surface area contributed by atoms with Crippen molar-refractivity contribution in [3.8, 4) is 0 Å². The van der Waals surface area contributed by atoms with Crippen molar-refractivity contribution in [2.45, 2.75) is 39.2 Å². The van der Waals surface area contributed by atoms with E-state index < -0.39 is 10.0 Å². The SMILES string of the molecule is CC(C)CCN(CC(=O)NC1CC1)S(C)(=O)=O. The lowest BCUT2D eigenvalue weighted by Crippen LogP contribution is -2.41. The van der Waals surface area contributed by atoms with Crippen molar-refractivity contribution in [2.75, 3.05) is 19.3 Å². The number of sulfonamides is 1. The maximum atomic E-state index is 11.6. The van der Waals surface area contributed by atoms with Crippen LogP contribution >= 0.6 is 0 Å². The Bertz CT molecular complexity index is 361. The van der Waals surface area contributed by atoms with Gasteiger partial charge in [0.1, 0.15) is 0 Å². The molecular formula is C11H22N2O3S. The Balaban J connectivity index is 2.47. The van der Waals surface area contributed by atoms with Crippen molar-refractivity contribution >= 4 is 15.9 Å². The average Bonchev–Trinajstić information content (AvgIpc) is 2.93. The van der Waals surface area contributed by atoms with Crippen molar-refractivity contribution in [3.05, 3.63) is 0 Å². The molecule has 0 unspecified atom stereocenters. The molecule has 1 rings (SSSR count). The molecule has 1 aliphatic rings. The van der Waals surface area contributed by atoms with Crippen molar-refractivity contribution in [2.24, 2.45) is 5.92 Å². The van der Waals surface area contributed by atoms with Crippen LogP contribution in [-0.2, 0) is 14.8 Å². The van der Waals surface area contributed by atoms with Gasteiger partial charge in [-0.3, -0.25) is 4.79 Å². The number of rotatable bonds is 7. The van der Waals surface area contributed by atoms with E-state index in [0.717, 1.165) is 25.5 Å². The molecule has 1 saturated carbocycles. The number of nitrogens with one attached hydrogen (secondary N) is 1. The van der Waals surface area contributed by atoms with E-state index in [9.17, 15) is 13.2 Å². The van der Waals surface area contributed by atoms with Crippen LogP contribution in [0.5, 0.6) is 0 Å². The van der Waals surface area contributed by atoms with Crippen LogP contribution < -0.4 is 5.32 Å². The van der Waals surface area contributed by atoms with Crippen LogP contribution in [0.15, 0.2) is 0 Å². The van der Waals surface area contributed by atoms with E-state index in [1.54, 1.807) is 0 Å². The summed E-state index contributed by atoms with van der Waals surface area (Å²) in [5, 5.41) is 2.80. The third-order valence-corrected chi connectivity index (χ3v) is 3.94. The van der Waals surface area contributed by atoms with Crippen molar-refractivity contribution in [1.82, 2.24) is 9.62 Å². The van der Waals surface area contributed by atoms with Crippen LogP contribution in [0.25, 0.3) is 0 Å². The molecule has 17 heavy (non-hydrogen) atoms. The monoisotopic (exact) mass is 262 g/mol. The summed E-state index contributed by atoms with van der Waals surface area (Å²) in [6.07, 6.45) is 3.94. The molecule has 1 amide bonds. The minimum atomic E-state index is -3.30. The molecule has 0 aromatic heterocycles. The second-order valence-corrected chi connectivity index (χ2v) is 7.10. The lowest BCUT2D eigenvalue weighted by molar-refractivity contribution is -0.121. The molecule has 1 fully saturated rings. The summed E-state index contributed by atoms with van der Waals surface area (Å²) in [6, 6.07) is 0.272. The van der Waals surface area contributed by atoms with Gasteiger partial charge in [-0.25, -0.2) is 8.42 Å². The number of amides is 1. The van der Waals surface area contributed by atoms with Crippen LogP contribution in [0.3, 0.4) is 0 Å². The third-order valence-electron chi connectivity index (χ3n) is 2.69. The van der Waals surface area contributed by atoms with Crippen molar-refractivity contribution in [1.29, 1.82) is 0 Å². The van der Waals surface area contributed by atoms with E-state index in [4.69, 9.17) is 0 Å². The number of hydrogen-bond donors (Lipinski definition) is 1. The number of carbonyl (C=O) groups excluding carboxylic acids is 1. The Hall–Kier alpha value is -0.620. The summed E-state index contributed by atoms with van der Waals surface area (Å²) < 4.78 is 24.3. The van der Waals surface area contributed by atoms with Gasteiger partial charge < -0.3 is 5.32 Å². The summed E-state index contributed by atoms with van der Waals surface area (Å²) >= 11 is 0. The predicted octanol–water partition coefficient (Wildman–Crippen LogP) is 0.573. The highest BCUT2D eigenvalue weighted by atomic mass is 32.2. The summed E-state index contributed by atoms with van der Waals surface area (Å²) in [5.41, 5.74) is 0. The Morgan fingerprint density at radius 2 is 2.00 bits per heavy atom. The minimum absolute atomic E-state index is 0.0535. The molecule has 1 N–H and O–H groups in total. The van der Waals surface area contributed by atoms with E-state index >= 15 is 0 Å². The molecule has 1 aliphatic carbocycles. The molecule has 0 heterocycles. The second-order valence-electron chi connectivity index (χ2n) is 5.12. The van der Waals surface area contributed by atoms with Crippen LogP contribution in [-0.4, -0.2) is 44.0 Å². The first kappa shape index (κ1) is 14.4. The van der Waals surface area contributed by atoms with Crippen LogP contribution in [0.4, 0.5) is 0 Å². The molecule has 0 radical (unpaired) electrons. The zero-order chi connectivity index (χ0) is 13.1. The molecule has 0 aromatic carbocycles. The Morgan fingerprint density at radius 3 is 2.41 bits per heavy atom. The van der Waals surface area contributed by atoms with Gasteiger partial charge in [-0.1, -0.05) is 13.8 Å². The zero-order valence-corrected chi connectivity index (χ0v) is 11.6. The zero-order valence-electron chi connectivity index (χ0n) is 10.8. The van der Waals surface area contributed by atoms with Crippen LogP contribution in [0, 0.1) is 5.92 Å². The molecule has 0 aromatic rings. The number of nitrogens with zero attached hydrogens (tertiary/aromatic N) is 1. The normalized spacial score (nSPS) is 16.5. The highest BCUT2D eigenvalue weighted by Crippen LogP contribution is 2.18. The first-order valence-corrected chi connectivity index (χ1v) is 7.88. The fourth-order valence-electron chi connectivity index (χ4n) is 1.43. The number of carbonyl (C=O) groups is 1. The first-order chi connectivity index (χ1) is 7.79.